The van der Waals surface area contributed by atoms with Gasteiger partial charge in [0.15, 0.2) is 0 Å². The SMILES string of the molecule is CCCCCOCCOCCOCCOCCOCCOCCOCCOCCOCCOc1ccc(NC(C)=O)cc1. The topological polar surface area (TPSA) is 121 Å². The lowest BCUT2D eigenvalue weighted by Crippen LogP contribution is -2.15. The summed E-state index contributed by atoms with van der Waals surface area (Å²) in [4.78, 5) is 11.0. The van der Waals surface area contributed by atoms with Crippen molar-refractivity contribution in [1.29, 1.82) is 0 Å². The Kier molecular flexibility index (Phi) is 28.7. The van der Waals surface area contributed by atoms with Gasteiger partial charge in [-0.3, -0.25) is 4.79 Å². The summed E-state index contributed by atoms with van der Waals surface area (Å²) in [5.74, 6) is 0.615. The molecule has 0 aliphatic rings. The molecule has 0 heterocycles. The van der Waals surface area contributed by atoms with Crippen molar-refractivity contribution in [2.24, 2.45) is 0 Å². The number of unbranched alkanes of at least 4 members (excludes halogenated alkanes) is 2. The van der Waals surface area contributed by atoms with Crippen molar-refractivity contribution in [2.45, 2.75) is 33.1 Å². The lowest BCUT2D eigenvalue weighted by atomic mass is 10.3. The van der Waals surface area contributed by atoms with Crippen molar-refractivity contribution in [3.63, 3.8) is 0 Å². The molecule has 1 amide bonds. The average Bonchev–Trinajstić information content (AvgIpc) is 3.00. The smallest absolute Gasteiger partial charge is 0.221 e. The largest absolute Gasteiger partial charge is 0.491 e. The van der Waals surface area contributed by atoms with Crippen LogP contribution in [-0.4, -0.2) is 131 Å². The minimum absolute atomic E-state index is 0.105. The zero-order valence-electron chi connectivity index (χ0n) is 26.4. The number of benzene rings is 1. The summed E-state index contributed by atoms with van der Waals surface area (Å²) in [6.07, 6.45) is 3.54. The number of hydrogen-bond acceptors (Lipinski definition) is 11. The summed E-state index contributed by atoms with van der Waals surface area (Å²) in [5.41, 5.74) is 0.735. The first-order valence-corrected chi connectivity index (χ1v) is 15.4. The highest BCUT2D eigenvalue weighted by Gasteiger charge is 1.99. The molecule has 43 heavy (non-hydrogen) atoms. The lowest BCUT2D eigenvalue weighted by Gasteiger charge is -2.09. The number of nitrogens with one attached hydrogen (secondary N) is 1. The van der Waals surface area contributed by atoms with Crippen LogP contribution in [0.3, 0.4) is 0 Å². The summed E-state index contributed by atoms with van der Waals surface area (Å²) in [5, 5.41) is 2.71. The lowest BCUT2D eigenvalue weighted by molar-refractivity contribution is -0.114. The van der Waals surface area contributed by atoms with Gasteiger partial charge in [-0.1, -0.05) is 19.8 Å². The van der Waals surface area contributed by atoms with E-state index in [1.165, 1.54) is 19.8 Å². The summed E-state index contributed by atoms with van der Waals surface area (Å²) < 4.78 is 54.9. The molecule has 0 aromatic heterocycles. The molecule has 1 aromatic rings. The molecule has 0 radical (unpaired) electrons. The van der Waals surface area contributed by atoms with Gasteiger partial charge in [0.05, 0.1) is 112 Å². The summed E-state index contributed by atoms with van der Waals surface area (Å²) in [6.45, 7) is 13.8. The first kappa shape index (κ1) is 39.2. The second-order valence-electron chi connectivity index (χ2n) is 9.27. The van der Waals surface area contributed by atoms with E-state index in [4.69, 9.17) is 47.4 Å². The van der Waals surface area contributed by atoms with E-state index >= 15 is 0 Å². The van der Waals surface area contributed by atoms with Gasteiger partial charge in [0.25, 0.3) is 0 Å². The van der Waals surface area contributed by atoms with Gasteiger partial charge in [-0.15, -0.1) is 0 Å². The van der Waals surface area contributed by atoms with Crippen molar-refractivity contribution in [1.82, 2.24) is 0 Å². The quantitative estimate of drug-likeness (QED) is 0.117. The van der Waals surface area contributed by atoms with E-state index in [1.54, 1.807) is 24.3 Å². The van der Waals surface area contributed by atoms with Crippen LogP contribution in [0.25, 0.3) is 0 Å². The standard InChI is InChI=1S/C31H55NO11/c1-3-4-5-10-34-11-12-35-13-14-36-15-16-37-17-18-38-19-20-39-21-22-40-23-24-41-25-26-42-27-28-43-31-8-6-30(7-9-31)32-29(2)33/h6-9H,3-5,10-28H2,1-2H3,(H,32,33). The maximum Gasteiger partial charge on any atom is 0.221 e. The number of hydrogen-bond donors (Lipinski definition) is 1. The van der Waals surface area contributed by atoms with Gasteiger partial charge in [0.2, 0.25) is 5.91 Å². The van der Waals surface area contributed by atoms with E-state index in [2.05, 4.69) is 12.2 Å². The van der Waals surface area contributed by atoms with Gasteiger partial charge >= 0.3 is 0 Å². The summed E-state index contributed by atoms with van der Waals surface area (Å²) in [6, 6.07) is 7.19. The molecule has 0 saturated carbocycles. The Balaban J connectivity index is 1.67. The molecule has 1 aromatic carbocycles. The number of carbonyl (C=O) groups excluding carboxylic acids is 1. The number of anilines is 1. The molecule has 0 aliphatic heterocycles. The van der Waals surface area contributed by atoms with E-state index in [-0.39, 0.29) is 5.91 Å². The highest BCUT2D eigenvalue weighted by atomic mass is 16.6. The zero-order valence-corrected chi connectivity index (χ0v) is 26.4. The average molecular weight is 618 g/mol. The number of carbonyl (C=O) groups is 1. The van der Waals surface area contributed by atoms with Crippen molar-refractivity contribution >= 4 is 11.6 Å². The van der Waals surface area contributed by atoms with Crippen molar-refractivity contribution in [3.8, 4) is 5.75 Å². The van der Waals surface area contributed by atoms with E-state index < -0.39 is 0 Å². The molecule has 0 fully saturated rings. The van der Waals surface area contributed by atoms with Crippen molar-refractivity contribution in [3.05, 3.63) is 24.3 Å². The van der Waals surface area contributed by atoms with Crippen LogP contribution < -0.4 is 10.1 Å². The second kappa shape index (κ2) is 31.6. The molecular weight excluding hydrogens is 562 g/mol. The predicted molar refractivity (Wildman–Crippen MR) is 163 cm³/mol. The highest BCUT2D eigenvalue weighted by molar-refractivity contribution is 5.88. The van der Waals surface area contributed by atoms with Gasteiger partial charge in [-0.05, 0) is 30.7 Å². The third-order valence-corrected chi connectivity index (χ3v) is 5.54. The predicted octanol–water partition coefficient (Wildman–Crippen LogP) is 3.36. The Morgan fingerprint density at radius 2 is 0.814 bits per heavy atom. The maximum absolute atomic E-state index is 11.0. The molecule has 0 atom stereocenters. The van der Waals surface area contributed by atoms with E-state index in [0.717, 1.165) is 24.5 Å². The third kappa shape index (κ3) is 28.6. The minimum Gasteiger partial charge on any atom is -0.491 e. The first-order chi connectivity index (χ1) is 21.2. The van der Waals surface area contributed by atoms with E-state index in [1.807, 2.05) is 0 Å². The van der Waals surface area contributed by atoms with Gasteiger partial charge in [-0.2, -0.15) is 0 Å². The molecular formula is C31H55NO11. The molecule has 0 unspecified atom stereocenters. The van der Waals surface area contributed by atoms with Crippen molar-refractivity contribution < 1.29 is 52.2 Å². The van der Waals surface area contributed by atoms with Crippen LogP contribution in [0, 0.1) is 0 Å². The zero-order chi connectivity index (χ0) is 30.9. The number of amides is 1. The fourth-order valence-electron chi connectivity index (χ4n) is 3.37. The van der Waals surface area contributed by atoms with Crippen LogP contribution >= 0.6 is 0 Å². The Bertz CT molecular complexity index is 724. The molecule has 0 bridgehead atoms. The van der Waals surface area contributed by atoms with Crippen LogP contribution in [-0.2, 0) is 47.4 Å². The molecule has 12 heteroatoms. The Hall–Kier alpha value is -1.87. The monoisotopic (exact) mass is 617 g/mol. The van der Waals surface area contributed by atoms with Crippen molar-refractivity contribution in [2.75, 3.05) is 131 Å². The van der Waals surface area contributed by atoms with E-state index in [0.29, 0.717) is 119 Å². The highest BCUT2D eigenvalue weighted by Crippen LogP contribution is 2.15. The number of ether oxygens (including phenoxy) is 10. The summed E-state index contributed by atoms with van der Waals surface area (Å²) >= 11 is 0. The normalized spacial score (nSPS) is 11.2. The Morgan fingerprint density at radius 3 is 1.14 bits per heavy atom. The van der Waals surface area contributed by atoms with Gasteiger partial charge in [0.1, 0.15) is 12.4 Å². The molecule has 1 rings (SSSR count). The van der Waals surface area contributed by atoms with Gasteiger partial charge < -0.3 is 52.7 Å². The van der Waals surface area contributed by atoms with Crippen LogP contribution in [0.4, 0.5) is 5.69 Å². The van der Waals surface area contributed by atoms with Crippen LogP contribution in [0.2, 0.25) is 0 Å². The Labute approximate surface area is 257 Å². The minimum atomic E-state index is -0.105. The molecule has 0 saturated heterocycles. The molecule has 0 aliphatic carbocycles. The second-order valence-corrected chi connectivity index (χ2v) is 9.27. The summed E-state index contributed by atoms with van der Waals surface area (Å²) in [7, 11) is 0. The molecule has 0 spiro atoms. The van der Waals surface area contributed by atoms with Crippen LogP contribution in [0.15, 0.2) is 24.3 Å². The first-order valence-electron chi connectivity index (χ1n) is 15.4. The maximum atomic E-state index is 11.0. The third-order valence-electron chi connectivity index (χ3n) is 5.54. The molecule has 250 valence electrons. The van der Waals surface area contributed by atoms with Gasteiger partial charge in [-0.25, -0.2) is 0 Å². The van der Waals surface area contributed by atoms with E-state index in [9.17, 15) is 4.79 Å². The fraction of sp³-hybridized carbons (Fsp3) is 0.774. The van der Waals surface area contributed by atoms with Crippen LogP contribution in [0.1, 0.15) is 33.1 Å². The Morgan fingerprint density at radius 1 is 0.488 bits per heavy atom. The van der Waals surface area contributed by atoms with Gasteiger partial charge in [0, 0.05) is 19.2 Å². The molecule has 12 nitrogen and oxygen atoms in total. The van der Waals surface area contributed by atoms with Crippen LogP contribution in [0.5, 0.6) is 5.75 Å². The fourth-order valence-corrected chi connectivity index (χ4v) is 3.37. The molecule has 1 N–H and O–H groups in total. The number of rotatable bonds is 33.